The third-order valence-electron chi connectivity index (χ3n) is 9.43. The first kappa shape index (κ1) is 35.6. The summed E-state index contributed by atoms with van der Waals surface area (Å²) >= 11 is 0. The molecular weight excluding hydrogens is 656 g/mol. The molecule has 3 aliphatic rings. The smallest absolute Gasteiger partial charge is 0.408 e. The highest BCUT2D eigenvalue weighted by atomic mass is 16.7. The average molecular weight is 701 g/mol. The number of amides is 3. The summed E-state index contributed by atoms with van der Waals surface area (Å²) in [6.45, 7) is 12.8. The summed E-state index contributed by atoms with van der Waals surface area (Å²) in [6, 6.07) is 13.2. The zero-order valence-corrected chi connectivity index (χ0v) is 29.4. The number of aromatic nitrogens is 1. The second-order valence-corrected chi connectivity index (χ2v) is 14.6. The van der Waals surface area contributed by atoms with Crippen molar-refractivity contribution < 1.29 is 43.2 Å². The van der Waals surface area contributed by atoms with E-state index in [4.69, 9.17) is 23.9 Å². The van der Waals surface area contributed by atoms with Crippen LogP contribution in [0.25, 0.3) is 22.2 Å². The fraction of sp³-hybridized carbons (Fsp3) is 0.447. The van der Waals surface area contributed by atoms with Gasteiger partial charge in [-0.15, -0.1) is 6.58 Å². The Hall–Kier alpha value is -5.17. The molecule has 0 radical (unpaired) electrons. The maximum atomic E-state index is 14.2. The van der Waals surface area contributed by atoms with Crippen molar-refractivity contribution in [2.24, 2.45) is 11.8 Å². The molecule has 13 nitrogen and oxygen atoms in total. The Balaban J connectivity index is 1.26. The van der Waals surface area contributed by atoms with Gasteiger partial charge in [0.2, 0.25) is 18.6 Å². The van der Waals surface area contributed by atoms with Crippen molar-refractivity contribution >= 4 is 34.8 Å². The normalized spacial score (nSPS) is 22.8. The number of carboxylic acids is 1. The predicted molar refractivity (Wildman–Crippen MR) is 187 cm³/mol. The quantitative estimate of drug-likeness (QED) is 0.236. The number of carbonyl (C=O) groups excluding carboxylic acids is 3. The van der Waals surface area contributed by atoms with Crippen LogP contribution in [0.2, 0.25) is 0 Å². The lowest BCUT2D eigenvalue weighted by Crippen LogP contribution is -2.57. The standard InChI is InChI=1S/C38H44N4O9/c1-7-24-17-38(24,35(45)46)41-33(43)29-16-25(18-42(29)34(44)32(21(2)3)40-36(47)51-37(4,5)6)48-19-23-14-28(39-27-11-9-8-10-26(23)27)22-12-13-30-31(15-22)50-20-49-30/h7-15,21,24-25,29,32H,1,16-20H2,2-6H3,(H,40,47)(H,41,43)(H,45,46)/t24-,25-,29+,32+,38-/m1/s1. The second kappa shape index (κ2) is 13.9. The van der Waals surface area contributed by atoms with Crippen molar-refractivity contribution in [3.63, 3.8) is 0 Å². The monoisotopic (exact) mass is 700 g/mol. The van der Waals surface area contributed by atoms with E-state index in [1.54, 1.807) is 34.6 Å². The fourth-order valence-corrected chi connectivity index (χ4v) is 6.63. The van der Waals surface area contributed by atoms with Gasteiger partial charge in [-0.1, -0.05) is 38.1 Å². The lowest BCUT2D eigenvalue weighted by Gasteiger charge is -2.31. The van der Waals surface area contributed by atoms with E-state index in [0.717, 1.165) is 22.0 Å². The molecule has 13 heteroatoms. The van der Waals surface area contributed by atoms with E-state index < -0.39 is 59.1 Å². The largest absolute Gasteiger partial charge is 0.479 e. The number of rotatable bonds is 11. The van der Waals surface area contributed by atoms with E-state index in [0.29, 0.717) is 17.2 Å². The third kappa shape index (κ3) is 7.48. The summed E-state index contributed by atoms with van der Waals surface area (Å²) in [5.74, 6) is -1.77. The molecule has 51 heavy (non-hydrogen) atoms. The SMILES string of the molecule is C=C[C@@H]1C[C@]1(NC(=O)[C@@H]1C[C@@H](OCc2cc(-c3ccc4c(c3)OCO4)nc3ccccc23)CN1C(=O)[C@@H](NC(=O)OC(C)(C)C)C(C)C)C(=O)O. The molecule has 1 saturated heterocycles. The van der Waals surface area contributed by atoms with E-state index in [1.165, 1.54) is 11.0 Å². The molecule has 3 N–H and O–H groups in total. The van der Waals surface area contributed by atoms with E-state index in [2.05, 4.69) is 17.2 Å². The number of carboxylic acid groups (broad SMARTS) is 1. The highest BCUT2D eigenvalue weighted by Crippen LogP contribution is 2.45. The van der Waals surface area contributed by atoms with Gasteiger partial charge in [0.25, 0.3) is 0 Å². The van der Waals surface area contributed by atoms with Crippen LogP contribution in [-0.2, 0) is 30.5 Å². The van der Waals surface area contributed by atoms with Gasteiger partial charge in [0.1, 0.15) is 23.2 Å². The van der Waals surface area contributed by atoms with Gasteiger partial charge in [-0.2, -0.15) is 0 Å². The molecule has 3 amide bonds. The molecule has 1 saturated carbocycles. The number of alkyl carbamates (subject to hydrolysis) is 1. The molecule has 3 heterocycles. The molecule has 1 aliphatic carbocycles. The first-order valence-electron chi connectivity index (χ1n) is 17.1. The van der Waals surface area contributed by atoms with Crippen molar-refractivity contribution in [3.8, 4) is 22.8 Å². The van der Waals surface area contributed by atoms with Crippen molar-refractivity contribution in [2.75, 3.05) is 13.3 Å². The zero-order chi connectivity index (χ0) is 36.7. The lowest BCUT2D eigenvalue weighted by molar-refractivity contribution is -0.146. The number of likely N-dealkylation sites (tertiary alicyclic amines) is 1. The minimum Gasteiger partial charge on any atom is -0.479 e. The molecule has 1 aromatic heterocycles. The van der Waals surface area contributed by atoms with Crippen LogP contribution in [0, 0.1) is 11.8 Å². The highest BCUT2D eigenvalue weighted by molar-refractivity contribution is 5.96. The van der Waals surface area contributed by atoms with Crippen LogP contribution in [-0.4, -0.2) is 81.5 Å². The molecule has 2 fully saturated rings. The summed E-state index contributed by atoms with van der Waals surface area (Å²) in [5.41, 5.74) is 0.880. The summed E-state index contributed by atoms with van der Waals surface area (Å²) in [6.07, 6.45) is 0.473. The summed E-state index contributed by atoms with van der Waals surface area (Å²) in [7, 11) is 0. The van der Waals surface area contributed by atoms with Gasteiger partial charge in [-0.3, -0.25) is 9.59 Å². The molecule has 0 spiro atoms. The summed E-state index contributed by atoms with van der Waals surface area (Å²) in [4.78, 5) is 59.3. The number of pyridine rings is 1. The molecule has 270 valence electrons. The van der Waals surface area contributed by atoms with Gasteiger partial charge in [0.15, 0.2) is 11.5 Å². The molecule has 3 aromatic rings. The number of hydrogen-bond acceptors (Lipinski definition) is 9. The highest BCUT2D eigenvalue weighted by Gasteiger charge is 2.61. The molecule has 0 bridgehead atoms. The van der Waals surface area contributed by atoms with E-state index in [9.17, 15) is 24.3 Å². The Labute approximate surface area is 296 Å². The van der Waals surface area contributed by atoms with Gasteiger partial charge >= 0.3 is 12.1 Å². The van der Waals surface area contributed by atoms with Crippen LogP contribution < -0.4 is 20.1 Å². The number of ether oxygens (including phenoxy) is 4. The first-order chi connectivity index (χ1) is 24.2. The Morgan fingerprint density at radius 1 is 1.12 bits per heavy atom. The summed E-state index contributed by atoms with van der Waals surface area (Å²) < 4.78 is 22.9. The Morgan fingerprint density at radius 3 is 2.55 bits per heavy atom. The molecular formula is C38H44N4O9. The average Bonchev–Trinajstić information content (AvgIpc) is 3.37. The van der Waals surface area contributed by atoms with Crippen LogP contribution in [0.4, 0.5) is 4.79 Å². The van der Waals surface area contributed by atoms with Crippen molar-refractivity contribution in [3.05, 3.63) is 66.7 Å². The molecule has 5 atom stereocenters. The van der Waals surface area contributed by atoms with Gasteiger partial charge in [0, 0.05) is 29.8 Å². The predicted octanol–water partition coefficient (Wildman–Crippen LogP) is 4.81. The van der Waals surface area contributed by atoms with Crippen LogP contribution in [0.15, 0.2) is 61.2 Å². The number of aliphatic carboxylic acids is 1. The number of nitrogens with one attached hydrogen (secondary N) is 2. The fourth-order valence-electron chi connectivity index (χ4n) is 6.63. The third-order valence-corrected chi connectivity index (χ3v) is 9.43. The second-order valence-electron chi connectivity index (χ2n) is 14.6. The van der Waals surface area contributed by atoms with Crippen molar-refractivity contribution in [1.82, 2.24) is 20.5 Å². The van der Waals surface area contributed by atoms with E-state index in [1.807, 2.05) is 48.5 Å². The lowest BCUT2D eigenvalue weighted by atomic mass is 10.0. The van der Waals surface area contributed by atoms with E-state index in [-0.39, 0.29) is 38.7 Å². The van der Waals surface area contributed by atoms with Gasteiger partial charge < -0.3 is 39.6 Å². The van der Waals surface area contributed by atoms with Gasteiger partial charge in [0.05, 0.1) is 23.9 Å². The number of hydrogen-bond donors (Lipinski definition) is 3. The minimum absolute atomic E-state index is 0.0408. The number of benzene rings is 2. The van der Waals surface area contributed by atoms with Gasteiger partial charge in [-0.05, 0) is 69.0 Å². The number of fused-ring (bicyclic) bond motifs is 2. The number of para-hydroxylation sites is 1. The van der Waals surface area contributed by atoms with Crippen molar-refractivity contribution in [2.45, 2.75) is 83.4 Å². The van der Waals surface area contributed by atoms with E-state index >= 15 is 0 Å². The summed E-state index contributed by atoms with van der Waals surface area (Å²) in [5, 5.41) is 16.2. The topological polar surface area (TPSA) is 166 Å². The maximum Gasteiger partial charge on any atom is 0.408 e. The molecule has 6 rings (SSSR count). The molecule has 2 aromatic carbocycles. The minimum atomic E-state index is -1.49. The Bertz CT molecular complexity index is 1870. The van der Waals surface area contributed by atoms with Crippen LogP contribution >= 0.6 is 0 Å². The van der Waals surface area contributed by atoms with Gasteiger partial charge in [-0.25, -0.2) is 14.6 Å². The van der Waals surface area contributed by atoms with Crippen molar-refractivity contribution in [1.29, 1.82) is 0 Å². The first-order valence-corrected chi connectivity index (χ1v) is 17.1. The van der Waals surface area contributed by atoms with Crippen LogP contribution in [0.3, 0.4) is 0 Å². The Morgan fingerprint density at radius 2 is 1.86 bits per heavy atom. The number of carbonyl (C=O) groups is 4. The van der Waals surface area contributed by atoms with Crippen LogP contribution in [0.5, 0.6) is 11.5 Å². The zero-order valence-electron chi connectivity index (χ0n) is 29.4. The molecule has 2 aliphatic heterocycles. The maximum absolute atomic E-state index is 14.2. The van der Waals surface area contributed by atoms with Crippen LogP contribution in [0.1, 0.15) is 53.0 Å². The molecule has 0 unspecified atom stereocenters. The Kier molecular flexibility index (Phi) is 9.69. The number of nitrogens with zero attached hydrogens (tertiary/aromatic N) is 2.